The number of carbonyl (C=O) groups is 2. The molecular weight excluding hydrogens is 246 g/mol. The highest BCUT2D eigenvalue weighted by Crippen LogP contribution is 2.37. The first-order valence-electron chi connectivity index (χ1n) is 6.72. The summed E-state index contributed by atoms with van der Waals surface area (Å²) in [6.45, 7) is 8.45. The molecule has 1 amide bonds. The van der Waals surface area contributed by atoms with E-state index in [4.69, 9.17) is 4.74 Å². The lowest BCUT2D eigenvalue weighted by Crippen LogP contribution is -2.65. The fourth-order valence-corrected chi connectivity index (χ4v) is 2.92. The van der Waals surface area contributed by atoms with E-state index in [2.05, 4.69) is 0 Å². The molecule has 19 heavy (non-hydrogen) atoms. The minimum absolute atomic E-state index is 0.0249. The Morgan fingerprint density at radius 1 is 1.42 bits per heavy atom. The van der Waals surface area contributed by atoms with Gasteiger partial charge in [-0.05, 0) is 33.8 Å². The molecule has 0 aromatic heterocycles. The van der Waals surface area contributed by atoms with Crippen molar-refractivity contribution in [3.63, 3.8) is 0 Å². The molecule has 1 rings (SSSR count). The number of ether oxygens (including phenoxy) is 1. The Labute approximate surface area is 114 Å². The van der Waals surface area contributed by atoms with Crippen LogP contribution in [0.3, 0.4) is 0 Å². The Morgan fingerprint density at radius 3 is 2.53 bits per heavy atom. The maximum Gasteiger partial charge on any atom is 0.514 e. The number of quaternary nitrogens is 1. The third kappa shape index (κ3) is 2.97. The lowest BCUT2D eigenvalue weighted by molar-refractivity contribution is -0.908. The predicted octanol–water partition coefficient (Wildman–Crippen LogP) is 2.56. The van der Waals surface area contributed by atoms with Crippen LogP contribution in [0.1, 0.15) is 40.5 Å². The summed E-state index contributed by atoms with van der Waals surface area (Å²) in [6.07, 6.45) is 3.86. The minimum atomic E-state index is -0.830. The highest BCUT2D eigenvalue weighted by molar-refractivity contribution is 5.82. The van der Waals surface area contributed by atoms with Crippen molar-refractivity contribution in [1.82, 2.24) is 0 Å². The van der Waals surface area contributed by atoms with E-state index in [1.807, 2.05) is 20.8 Å². The van der Waals surface area contributed by atoms with Crippen LogP contribution in [-0.4, -0.2) is 46.4 Å². The van der Waals surface area contributed by atoms with E-state index in [0.29, 0.717) is 13.2 Å². The van der Waals surface area contributed by atoms with Crippen LogP contribution in [0, 0.1) is 0 Å². The molecule has 1 unspecified atom stereocenters. The number of amides is 1. The van der Waals surface area contributed by atoms with Crippen molar-refractivity contribution in [3.8, 4) is 0 Å². The normalized spacial score (nSPS) is 27.7. The first-order chi connectivity index (χ1) is 8.75. The number of nitrogens with zero attached hydrogens (tertiary/aromatic N) is 1. The highest BCUT2D eigenvalue weighted by atomic mass is 16.5. The molecule has 2 atom stereocenters. The maximum absolute atomic E-state index is 11.8. The summed E-state index contributed by atoms with van der Waals surface area (Å²) in [6, 6.07) is -0.179. The van der Waals surface area contributed by atoms with Gasteiger partial charge in [0.15, 0.2) is 0 Å². The Morgan fingerprint density at radius 2 is 2.05 bits per heavy atom. The molecule has 5 nitrogen and oxygen atoms in total. The number of rotatable bonds is 3. The van der Waals surface area contributed by atoms with Crippen LogP contribution in [0.2, 0.25) is 0 Å². The van der Waals surface area contributed by atoms with Crippen molar-refractivity contribution < 1.29 is 23.9 Å². The van der Waals surface area contributed by atoms with Gasteiger partial charge in [-0.2, -0.15) is 4.79 Å². The summed E-state index contributed by atoms with van der Waals surface area (Å²) in [4.78, 5) is 23.1. The van der Waals surface area contributed by atoms with Gasteiger partial charge >= 0.3 is 12.1 Å². The Kier molecular flexibility index (Phi) is 4.74. The monoisotopic (exact) mass is 270 g/mol. The predicted molar refractivity (Wildman–Crippen MR) is 71.7 cm³/mol. The molecule has 1 saturated heterocycles. The summed E-state index contributed by atoms with van der Waals surface area (Å²) in [7, 11) is 0. The summed E-state index contributed by atoms with van der Waals surface area (Å²) >= 11 is 0. The fourth-order valence-electron chi connectivity index (χ4n) is 2.92. The number of hydrogen-bond acceptors (Lipinski definition) is 3. The zero-order valence-electron chi connectivity index (χ0n) is 12.2. The number of hydrogen-bond donors (Lipinski definition) is 1. The van der Waals surface area contributed by atoms with Gasteiger partial charge in [-0.25, -0.2) is 9.28 Å². The SMILES string of the molecule is CCOC(=O)/C=C/[C@@H]1CCC[N+]1(C(=O)O)C(C)(C)C. The molecule has 108 valence electrons. The van der Waals surface area contributed by atoms with Crippen molar-refractivity contribution in [1.29, 1.82) is 0 Å². The molecule has 0 saturated carbocycles. The first-order valence-corrected chi connectivity index (χ1v) is 6.72. The van der Waals surface area contributed by atoms with E-state index < -0.39 is 17.6 Å². The van der Waals surface area contributed by atoms with Gasteiger partial charge in [0.25, 0.3) is 0 Å². The van der Waals surface area contributed by atoms with Gasteiger partial charge in [-0.3, -0.25) is 0 Å². The van der Waals surface area contributed by atoms with E-state index in [1.165, 1.54) is 6.08 Å². The lowest BCUT2D eigenvalue weighted by Gasteiger charge is -2.43. The second-order valence-electron chi connectivity index (χ2n) is 5.87. The van der Waals surface area contributed by atoms with Crippen molar-refractivity contribution >= 4 is 12.1 Å². The Hall–Kier alpha value is -1.36. The van der Waals surface area contributed by atoms with Gasteiger partial charge in [0.2, 0.25) is 0 Å². The molecule has 1 aliphatic rings. The molecule has 1 N–H and O–H groups in total. The van der Waals surface area contributed by atoms with Gasteiger partial charge in [0.05, 0.1) is 13.2 Å². The van der Waals surface area contributed by atoms with E-state index in [0.717, 1.165) is 12.8 Å². The average Bonchev–Trinajstić information content (AvgIpc) is 2.70. The fraction of sp³-hybridized carbons (Fsp3) is 0.714. The van der Waals surface area contributed by atoms with Crippen LogP contribution in [0.15, 0.2) is 12.2 Å². The van der Waals surface area contributed by atoms with Crippen LogP contribution in [-0.2, 0) is 9.53 Å². The van der Waals surface area contributed by atoms with Gasteiger partial charge in [-0.1, -0.05) is 0 Å². The van der Waals surface area contributed by atoms with Crippen LogP contribution in [0.5, 0.6) is 0 Å². The average molecular weight is 270 g/mol. The van der Waals surface area contributed by atoms with Gasteiger partial charge < -0.3 is 9.84 Å². The topological polar surface area (TPSA) is 63.6 Å². The summed E-state index contributed by atoms with van der Waals surface area (Å²) < 4.78 is 4.81. The Balaban J connectivity index is 2.99. The molecule has 0 spiro atoms. The molecule has 1 heterocycles. The van der Waals surface area contributed by atoms with Crippen LogP contribution in [0.25, 0.3) is 0 Å². The Bertz CT molecular complexity index is 383. The molecule has 5 heteroatoms. The van der Waals surface area contributed by atoms with Crippen molar-refractivity contribution in [2.75, 3.05) is 13.2 Å². The van der Waals surface area contributed by atoms with Gasteiger partial charge in [0, 0.05) is 18.9 Å². The van der Waals surface area contributed by atoms with E-state index in [-0.39, 0.29) is 10.5 Å². The number of carbonyl (C=O) groups excluding carboxylic acids is 1. The maximum atomic E-state index is 11.8. The van der Waals surface area contributed by atoms with Crippen molar-refractivity contribution in [2.24, 2.45) is 0 Å². The smallest absolute Gasteiger partial charge is 0.463 e. The van der Waals surface area contributed by atoms with E-state index in [1.54, 1.807) is 13.0 Å². The van der Waals surface area contributed by atoms with Crippen LogP contribution in [0.4, 0.5) is 4.79 Å². The minimum Gasteiger partial charge on any atom is -0.463 e. The zero-order valence-corrected chi connectivity index (χ0v) is 12.2. The largest absolute Gasteiger partial charge is 0.514 e. The second-order valence-corrected chi connectivity index (χ2v) is 5.87. The van der Waals surface area contributed by atoms with Crippen molar-refractivity contribution in [2.45, 2.75) is 52.1 Å². The van der Waals surface area contributed by atoms with Gasteiger partial charge in [0.1, 0.15) is 11.6 Å². The second kappa shape index (κ2) is 5.74. The summed E-state index contributed by atoms with van der Waals surface area (Å²) in [5, 5.41) is 9.66. The molecule has 0 aromatic rings. The van der Waals surface area contributed by atoms with Crippen LogP contribution >= 0.6 is 0 Å². The molecule has 0 aromatic carbocycles. The molecule has 0 aliphatic carbocycles. The molecule has 0 radical (unpaired) electrons. The number of carboxylic acid groups (broad SMARTS) is 1. The van der Waals surface area contributed by atoms with Gasteiger partial charge in [-0.15, -0.1) is 0 Å². The first kappa shape index (κ1) is 15.7. The molecule has 0 bridgehead atoms. The lowest BCUT2D eigenvalue weighted by atomic mass is 9.99. The van der Waals surface area contributed by atoms with E-state index >= 15 is 0 Å². The summed E-state index contributed by atoms with van der Waals surface area (Å²) in [5.41, 5.74) is -0.411. The number of likely N-dealkylation sites (tertiary alicyclic amines) is 1. The molecule has 1 fully saturated rings. The molecular formula is C14H24NO4+. The zero-order chi connectivity index (χ0) is 14.7. The highest BCUT2D eigenvalue weighted by Gasteiger charge is 2.55. The van der Waals surface area contributed by atoms with E-state index in [9.17, 15) is 14.7 Å². The summed E-state index contributed by atoms with van der Waals surface area (Å²) in [5.74, 6) is -0.410. The quantitative estimate of drug-likeness (QED) is 0.486. The number of esters is 1. The van der Waals surface area contributed by atoms with Crippen LogP contribution < -0.4 is 0 Å². The third-order valence-corrected chi connectivity index (χ3v) is 3.86. The standard InChI is InChI=1S/C14H23NO4/c1-5-19-12(16)9-8-11-7-6-10-15(11,13(17)18)14(2,3)4/h8-9,11H,5-7,10H2,1-4H3/p+1/b9-8+/t11-,15?/m0/s1. The van der Waals surface area contributed by atoms with Crippen molar-refractivity contribution in [3.05, 3.63) is 12.2 Å². The molecule has 1 aliphatic heterocycles. The third-order valence-electron chi connectivity index (χ3n) is 3.86.